The molecule has 1 aliphatic heterocycles. The van der Waals surface area contributed by atoms with Gasteiger partial charge in [-0.05, 0) is 26.0 Å². The predicted molar refractivity (Wildman–Crippen MR) is 92.3 cm³/mol. The van der Waals surface area contributed by atoms with Gasteiger partial charge in [0.05, 0.1) is 6.26 Å². The van der Waals surface area contributed by atoms with Gasteiger partial charge in [-0.25, -0.2) is 4.98 Å². The Labute approximate surface area is 145 Å². The molecule has 5 nitrogen and oxygen atoms in total. The minimum Gasteiger partial charge on any atom is -0.472 e. The second kappa shape index (κ2) is 8.53. The van der Waals surface area contributed by atoms with E-state index in [0.717, 1.165) is 36.5 Å². The van der Waals surface area contributed by atoms with Crippen molar-refractivity contribution in [3.05, 3.63) is 29.7 Å². The second-order valence-electron chi connectivity index (χ2n) is 4.93. The maximum atomic E-state index is 12.5. The highest BCUT2D eigenvalue weighted by molar-refractivity contribution is 7.13. The third-order valence-corrected chi connectivity index (χ3v) is 4.50. The van der Waals surface area contributed by atoms with Gasteiger partial charge in [-0.3, -0.25) is 4.79 Å². The molecule has 122 valence electrons. The van der Waals surface area contributed by atoms with E-state index in [9.17, 15) is 4.79 Å². The summed E-state index contributed by atoms with van der Waals surface area (Å²) in [5, 5.41) is 5.89. The first-order chi connectivity index (χ1) is 9.78. The summed E-state index contributed by atoms with van der Waals surface area (Å²) in [6.07, 6.45) is 5.42. The van der Waals surface area contributed by atoms with E-state index in [1.165, 1.54) is 11.3 Å². The van der Waals surface area contributed by atoms with Crippen LogP contribution < -0.4 is 5.32 Å². The van der Waals surface area contributed by atoms with Gasteiger partial charge in [0.25, 0.3) is 5.91 Å². The fourth-order valence-corrected chi connectivity index (χ4v) is 3.23. The average Bonchev–Trinajstić information content (AvgIpc) is 3.17. The zero-order valence-corrected chi connectivity index (χ0v) is 14.6. The Bertz CT molecular complexity index is 589. The number of likely N-dealkylation sites (N-methyl/N-ethyl adjacent to an activating group) is 1. The molecule has 8 heteroatoms. The van der Waals surface area contributed by atoms with E-state index in [1.54, 1.807) is 12.5 Å². The molecule has 0 spiro atoms. The summed E-state index contributed by atoms with van der Waals surface area (Å²) in [6, 6.07) is 2.24. The van der Waals surface area contributed by atoms with Gasteiger partial charge in [-0.15, -0.1) is 36.2 Å². The topological polar surface area (TPSA) is 58.4 Å². The van der Waals surface area contributed by atoms with Crippen LogP contribution in [-0.4, -0.2) is 42.0 Å². The van der Waals surface area contributed by atoms with E-state index in [4.69, 9.17) is 4.42 Å². The Morgan fingerprint density at radius 2 is 2.32 bits per heavy atom. The number of nitrogens with zero attached hydrogens (tertiary/aromatic N) is 2. The standard InChI is InChI=1S/C14H17N3O2S.2ClH/c1-15-11-3-2-5-17(7-11)14(18)12-9-20-13(16-12)10-4-6-19-8-10;;/h4,6,8-9,11,15H,2-3,5,7H2,1H3;2*1H. The lowest BCUT2D eigenvalue weighted by atomic mass is 10.1. The second-order valence-corrected chi connectivity index (χ2v) is 5.79. The SMILES string of the molecule is CNC1CCCN(C(=O)c2csc(-c3ccoc3)n2)C1.Cl.Cl. The normalized spacial score (nSPS) is 17.5. The van der Waals surface area contributed by atoms with Crippen molar-refractivity contribution in [2.45, 2.75) is 18.9 Å². The van der Waals surface area contributed by atoms with Crippen molar-refractivity contribution in [3.63, 3.8) is 0 Å². The first kappa shape index (κ1) is 19.0. The molecule has 1 unspecified atom stereocenters. The molecule has 2 aromatic heterocycles. The maximum absolute atomic E-state index is 12.5. The van der Waals surface area contributed by atoms with Gasteiger partial charge in [0.2, 0.25) is 0 Å². The first-order valence-electron chi connectivity index (χ1n) is 6.72. The third-order valence-electron chi connectivity index (χ3n) is 3.61. The number of carbonyl (C=O) groups excluding carboxylic acids is 1. The predicted octanol–water partition coefficient (Wildman–Crippen LogP) is 3.07. The van der Waals surface area contributed by atoms with Crippen LogP contribution in [0.25, 0.3) is 10.6 Å². The Balaban J connectivity index is 0.00000121. The molecule has 1 saturated heterocycles. The smallest absolute Gasteiger partial charge is 0.273 e. The van der Waals surface area contributed by atoms with E-state index in [2.05, 4.69) is 10.3 Å². The first-order valence-corrected chi connectivity index (χ1v) is 7.60. The quantitative estimate of drug-likeness (QED) is 0.910. The van der Waals surface area contributed by atoms with Crippen LogP contribution in [0.15, 0.2) is 28.4 Å². The number of hydrogen-bond donors (Lipinski definition) is 1. The number of halogens is 2. The van der Waals surface area contributed by atoms with Gasteiger partial charge >= 0.3 is 0 Å². The Morgan fingerprint density at radius 1 is 1.50 bits per heavy atom. The van der Waals surface area contributed by atoms with Crippen LogP contribution in [0, 0.1) is 0 Å². The van der Waals surface area contributed by atoms with E-state index < -0.39 is 0 Å². The molecule has 1 amide bonds. The van der Waals surface area contributed by atoms with Crippen molar-refractivity contribution in [3.8, 4) is 10.6 Å². The van der Waals surface area contributed by atoms with Gasteiger partial charge in [0.15, 0.2) is 0 Å². The van der Waals surface area contributed by atoms with E-state index >= 15 is 0 Å². The number of piperidine rings is 1. The van der Waals surface area contributed by atoms with E-state index in [1.807, 2.05) is 23.4 Å². The summed E-state index contributed by atoms with van der Waals surface area (Å²) in [7, 11) is 1.94. The lowest BCUT2D eigenvalue weighted by Gasteiger charge is -2.32. The van der Waals surface area contributed by atoms with Crippen molar-refractivity contribution in [2.24, 2.45) is 0 Å². The molecule has 0 bridgehead atoms. The minimum absolute atomic E-state index is 0. The number of hydrogen-bond acceptors (Lipinski definition) is 5. The van der Waals surface area contributed by atoms with Crippen LogP contribution in [-0.2, 0) is 0 Å². The Kier molecular flexibility index (Phi) is 7.35. The summed E-state index contributed by atoms with van der Waals surface area (Å²) in [5.41, 5.74) is 1.45. The third kappa shape index (κ3) is 4.01. The molecular formula is C14H19Cl2N3O2S. The van der Waals surface area contributed by atoms with Crippen LogP contribution in [0.2, 0.25) is 0 Å². The van der Waals surface area contributed by atoms with Crippen LogP contribution in [0.3, 0.4) is 0 Å². The van der Waals surface area contributed by atoms with Crippen LogP contribution in [0.4, 0.5) is 0 Å². The number of thiazole rings is 1. The molecule has 1 atom stereocenters. The molecule has 3 heterocycles. The largest absolute Gasteiger partial charge is 0.472 e. The number of carbonyl (C=O) groups is 1. The summed E-state index contributed by atoms with van der Waals surface area (Å²) in [4.78, 5) is 18.8. The van der Waals surface area contributed by atoms with Gasteiger partial charge in [-0.1, -0.05) is 0 Å². The zero-order valence-electron chi connectivity index (χ0n) is 12.2. The highest BCUT2D eigenvalue weighted by Crippen LogP contribution is 2.25. The Hall–Kier alpha value is -1.08. The highest BCUT2D eigenvalue weighted by atomic mass is 35.5. The minimum atomic E-state index is 0. The molecule has 1 aliphatic rings. The van der Waals surface area contributed by atoms with Gasteiger partial charge in [0, 0.05) is 30.1 Å². The molecule has 0 aliphatic carbocycles. The number of likely N-dealkylation sites (tertiary alicyclic amines) is 1. The highest BCUT2D eigenvalue weighted by Gasteiger charge is 2.25. The van der Waals surface area contributed by atoms with Crippen LogP contribution in [0.1, 0.15) is 23.3 Å². The zero-order chi connectivity index (χ0) is 13.9. The number of nitrogens with one attached hydrogen (secondary N) is 1. The lowest BCUT2D eigenvalue weighted by molar-refractivity contribution is 0.0693. The molecule has 2 aromatic rings. The molecular weight excluding hydrogens is 345 g/mol. The van der Waals surface area contributed by atoms with Gasteiger partial charge < -0.3 is 14.6 Å². The fraction of sp³-hybridized carbons (Fsp3) is 0.429. The molecule has 1 N–H and O–H groups in total. The van der Waals surface area contributed by atoms with Crippen molar-refractivity contribution in [2.75, 3.05) is 20.1 Å². The molecule has 0 aromatic carbocycles. The van der Waals surface area contributed by atoms with Gasteiger partial charge in [-0.2, -0.15) is 0 Å². The molecule has 22 heavy (non-hydrogen) atoms. The maximum Gasteiger partial charge on any atom is 0.273 e. The van der Waals surface area contributed by atoms with Crippen molar-refractivity contribution in [1.82, 2.24) is 15.2 Å². The average molecular weight is 364 g/mol. The van der Waals surface area contributed by atoms with Gasteiger partial charge in [0.1, 0.15) is 17.0 Å². The summed E-state index contributed by atoms with van der Waals surface area (Å²) < 4.78 is 5.05. The summed E-state index contributed by atoms with van der Waals surface area (Å²) in [6.45, 7) is 1.57. The summed E-state index contributed by atoms with van der Waals surface area (Å²) in [5.74, 6) is 0.0240. The van der Waals surface area contributed by atoms with Crippen molar-refractivity contribution >= 4 is 42.1 Å². The number of amides is 1. The number of aromatic nitrogens is 1. The van der Waals surface area contributed by atoms with E-state index in [0.29, 0.717) is 11.7 Å². The number of furan rings is 1. The fourth-order valence-electron chi connectivity index (χ4n) is 2.45. The molecule has 0 radical (unpaired) electrons. The number of rotatable bonds is 3. The molecule has 0 saturated carbocycles. The monoisotopic (exact) mass is 363 g/mol. The molecule has 3 rings (SSSR count). The van der Waals surface area contributed by atoms with Crippen LogP contribution >= 0.6 is 36.2 Å². The van der Waals surface area contributed by atoms with Crippen molar-refractivity contribution in [1.29, 1.82) is 0 Å². The Morgan fingerprint density at radius 3 is 3.00 bits per heavy atom. The lowest BCUT2D eigenvalue weighted by Crippen LogP contribution is -2.47. The van der Waals surface area contributed by atoms with Crippen LogP contribution in [0.5, 0.6) is 0 Å². The van der Waals surface area contributed by atoms with E-state index in [-0.39, 0.29) is 30.7 Å². The molecule has 1 fully saturated rings. The van der Waals surface area contributed by atoms with Crippen molar-refractivity contribution < 1.29 is 9.21 Å². The summed E-state index contributed by atoms with van der Waals surface area (Å²) >= 11 is 1.47.